The van der Waals surface area contributed by atoms with Crippen molar-refractivity contribution in [2.24, 2.45) is 0 Å². The Kier molecular flexibility index (Phi) is 9.24. The van der Waals surface area contributed by atoms with Crippen molar-refractivity contribution in [3.8, 4) is 11.1 Å². The van der Waals surface area contributed by atoms with E-state index in [4.69, 9.17) is 9.47 Å². The lowest BCUT2D eigenvalue weighted by Crippen LogP contribution is -3.00. The third kappa shape index (κ3) is 6.63. The predicted molar refractivity (Wildman–Crippen MR) is 161 cm³/mol. The quantitative estimate of drug-likeness (QED) is 0.156. The predicted octanol–water partition coefficient (Wildman–Crippen LogP) is 2.75. The Morgan fingerprint density at radius 1 is 0.953 bits per heavy atom. The first-order chi connectivity index (χ1) is 20.2. The van der Waals surface area contributed by atoms with E-state index in [2.05, 4.69) is 24.7 Å². The van der Waals surface area contributed by atoms with Gasteiger partial charge in [0.25, 0.3) is 0 Å². The van der Waals surface area contributed by atoms with E-state index < -0.39 is 6.09 Å². The fourth-order valence-electron chi connectivity index (χ4n) is 6.88. The van der Waals surface area contributed by atoms with Crippen molar-refractivity contribution >= 4 is 29.7 Å². The molecule has 3 saturated heterocycles. The molecule has 0 saturated carbocycles. The van der Waals surface area contributed by atoms with Crippen LogP contribution in [0.2, 0.25) is 0 Å². The van der Waals surface area contributed by atoms with Gasteiger partial charge in [-0.1, -0.05) is 42.5 Å². The number of amides is 2. The molecule has 2 bridgehead atoms. The first-order valence-corrected chi connectivity index (χ1v) is 14.7. The third-order valence-corrected chi connectivity index (χ3v) is 9.25. The molecule has 3 aliphatic rings. The maximum absolute atomic E-state index is 13.2. The molecule has 0 radical (unpaired) electrons. The second kappa shape index (κ2) is 12.8. The molecule has 3 fully saturated rings. The number of piperidine rings is 1. The van der Waals surface area contributed by atoms with Gasteiger partial charge in [-0.3, -0.25) is 14.9 Å². The van der Waals surface area contributed by atoms with E-state index >= 15 is 0 Å². The molecule has 0 unspecified atom stereocenters. The van der Waals surface area contributed by atoms with Crippen LogP contribution in [0.15, 0.2) is 66.7 Å². The molecule has 6 rings (SSSR count). The van der Waals surface area contributed by atoms with Crippen LogP contribution in [-0.2, 0) is 20.7 Å². The van der Waals surface area contributed by atoms with Crippen molar-refractivity contribution in [2.75, 3.05) is 24.7 Å². The van der Waals surface area contributed by atoms with E-state index in [9.17, 15) is 14.4 Å². The number of morpholine rings is 1. The number of carbonyl (C=O) groups is 3. The minimum absolute atomic E-state index is 0. The third-order valence-electron chi connectivity index (χ3n) is 9.25. The van der Waals surface area contributed by atoms with Crippen molar-refractivity contribution in [1.29, 1.82) is 0 Å². The molecule has 0 aromatic heterocycles. The second-order valence-electron chi connectivity index (χ2n) is 12.3. The topological polar surface area (TPSA) is 97.0 Å². The molecule has 226 valence electrons. The number of carbonyl (C=O) groups excluding carboxylic acids is 3. The van der Waals surface area contributed by atoms with Crippen molar-refractivity contribution in [2.45, 2.75) is 69.4 Å². The summed E-state index contributed by atoms with van der Waals surface area (Å²) >= 11 is 0. The van der Waals surface area contributed by atoms with Gasteiger partial charge < -0.3 is 43.3 Å². The zero-order valence-corrected chi connectivity index (χ0v) is 26.9. The van der Waals surface area contributed by atoms with Gasteiger partial charge in [-0.2, -0.15) is 0 Å². The van der Waals surface area contributed by atoms with Gasteiger partial charge in [0.2, 0.25) is 5.91 Å². The molecule has 8 nitrogen and oxygen atoms in total. The van der Waals surface area contributed by atoms with Crippen LogP contribution < -0.4 is 34.6 Å². The number of fused-ring (bicyclic) bond motifs is 5. The average molecular weight is 696 g/mol. The Hall–Kier alpha value is -3.28. The van der Waals surface area contributed by atoms with Gasteiger partial charge in [-0.15, -0.1) is 0 Å². The number of epoxide rings is 1. The number of quaternary nitrogens is 1. The molecule has 5 atom stereocenters. The molecule has 2 amide bonds. The van der Waals surface area contributed by atoms with Crippen LogP contribution in [0.5, 0.6) is 0 Å². The maximum atomic E-state index is 13.2. The number of halogens is 1. The summed E-state index contributed by atoms with van der Waals surface area (Å²) in [4.78, 5) is 36.7. The number of anilines is 2. The molecule has 2 N–H and O–H groups in total. The zero-order valence-electron chi connectivity index (χ0n) is 24.7. The van der Waals surface area contributed by atoms with E-state index in [0.717, 1.165) is 45.9 Å². The number of nitrogens with zero attached hydrogens (tertiary/aromatic N) is 1. The number of hydrogen-bond donors (Lipinski definition) is 2. The Balaban J connectivity index is 0.00000368. The van der Waals surface area contributed by atoms with E-state index in [1.807, 2.05) is 55.5 Å². The summed E-state index contributed by atoms with van der Waals surface area (Å²) in [6.07, 6.45) is 4.14. The van der Waals surface area contributed by atoms with Crippen LogP contribution in [0.4, 0.5) is 16.2 Å². The van der Waals surface area contributed by atoms with Crippen molar-refractivity contribution < 1.29 is 52.3 Å². The molecule has 3 aromatic carbocycles. The number of nitrogens with one attached hydrogen (secondary N) is 2. The van der Waals surface area contributed by atoms with Crippen LogP contribution in [0.1, 0.15) is 47.2 Å². The van der Waals surface area contributed by atoms with Gasteiger partial charge in [0.15, 0.2) is 0 Å². The highest BCUT2D eigenvalue weighted by atomic mass is 127. The lowest BCUT2D eigenvalue weighted by atomic mass is 9.96. The SMILES string of the molecule is Cc1cc(C=O)ccc1NC(=O)CCCc1ccc(-c2ccccc2)c(NC(=O)O[C@@H]2C[C@@H]3[C@H]4O[C@H]4[C@H](C2)[N+]3(C)C)c1.[I-]. The van der Waals surface area contributed by atoms with Crippen molar-refractivity contribution in [3.05, 3.63) is 83.4 Å². The number of aldehydes is 1. The van der Waals surface area contributed by atoms with Gasteiger partial charge in [0, 0.05) is 36.1 Å². The highest BCUT2D eigenvalue weighted by molar-refractivity contribution is 5.93. The fourth-order valence-corrected chi connectivity index (χ4v) is 6.88. The molecule has 9 heteroatoms. The van der Waals surface area contributed by atoms with Crippen LogP contribution in [0.3, 0.4) is 0 Å². The molecule has 43 heavy (non-hydrogen) atoms. The van der Waals surface area contributed by atoms with Crippen molar-refractivity contribution in [3.63, 3.8) is 0 Å². The molecular formula is C34H38IN3O5. The fraction of sp³-hybridized carbons (Fsp3) is 0.382. The Morgan fingerprint density at radius 3 is 2.35 bits per heavy atom. The minimum Gasteiger partial charge on any atom is -1.00 e. The minimum atomic E-state index is -0.439. The number of benzene rings is 3. The van der Waals surface area contributed by atoms with Crippen LogP contribution >= 0.6 is 0 Å². The van der Waals surface area contributed by atoms with Crippen molar-refractivity contribution in [1.82, 2.24) is 0 Å². The molecule has 0 spiro atoms. The standard InChI is InChI=1S/C34H37N3O5.HI/c1-21-16-23(20-38)13-15-27(21)35-31(39)11-7-8-22-12-14-26(24-9-5-4-6-10-24)28(17-22)36-34(40)41-25-18-29-32-33(42-32)30(19-25)37(29,2)3;/h4-6,9-10,12-17,20,25,29-30,32-33H,7-8,11,18-19H2,1-3H3,(H-,35,36,38,39,40);1H/t25-,29-,30+,32-,33+;. The van der Waals surface area contributed by atoms with Crippen LogP contribution in [-0.4, -0.2) is 67.3 Å². The molecule has 0 aliphatic carbocycles. The zero-order chi connectivity index (χ0) is 29.4. The first-order valence-electron chi connectivity index (χ1n) is 14.7. The number of aryl methyl sites for hydroxylation is 2. The number of likely N-dealkylation sites (N-methyl/N-ethyl adjacent to an activating group) is 1. The number of ether oxygens (including phenoxy) is 2. The Bertz CT molecular complexity index is 1490. The van der Waals surface area contributed by atoms with E-state index in [1.165, 1.54) is 0 Å². The largest absolute Gasteiger partial charge is 1.00 e. The molecule has 3 aliphatic heterocycles. The Morgan fingerprint density at radius 2 is 1.67 bits per heavy atom. The lowest BCUT2D eigenvalue weighted by Gasteiger charge is -2.45. The van der Waals surface area contributed by atoms with Crippen LogP contribution in [0.25, 0.3) is 11.1 Å². The van der Waals surface area contributed by atoms with E-state index in [-0.39, 0.29) is 36.0 Å². The monoisotopic (exact) mass is 695 g/mol. The van der Waals surface area contributed by atoms with Gasteiger partial charge in [0.05, 0.1) is 19.8 Å². The summed E-state index contributed by atoms with van der Waals surface area (Å²) in [5.41, 5.74) is 5.78. The molecular weight excluding hydrogens is 657 g/mol. The highest BCUT2D eigenvalue weighted by Gasteiger charge is 2.70. The lowest BCUT2D eigenvalue weighted by molar-refractivity contribution is -0.938. The first kappa shape index (κ1) is 31.2. The van der Waals surface area contributed by atoms with Gasteiger partial charge in [-0.25, -0.2) is 4.79 Å². The second-order valence-corrected chi connectivity index (χ2v) is 12.3. The van der Waals surface area contributed by atoms with Crippen LogP contribution in [0, 0.1) is 6.92 Å². The maximum Gasteiger partial charge on any atom is 0.411 e. The van der Waals surface area contributed by atoms with E-state index in [1.54, 1.807) is 18.2 Å². The summed E-state index contributed by atoms with van der Waals surface area (Å²) in [6, 6.07) is 21.9. The average Bonchev–Trinajstić information content (AvgIpc) is 3.73. The summed E-state index contributed by atoms with van der Waals surface area (Å²) in [6.45, 7) is 1.87. The number of rotatable bonds is 9. The Labute approximate surface area is 269 Å². The summed E-state index contributed by atoms with van der Waals surface area (Å²) < 4.78 is 12.8. The number of hydrogen-bond acceptors (Lipinski definition) is 5. The highest BCUT2D eigenvalue weighted by Crippen LogP contribution is 2.51. The summed E-state index contributed by atoms with van der Waals surface area (Å²) in [7, 11) is 4.52. The summed E-state index contributed by atoms with van der Waals surface area (Å²) in [5.74, 6) is -0.0777. The molecule has 3 aromatic rings. The smallest absolute Gasteiger partial charge is 0.411 e. The van der Waals surface area contributed by atoms with Gasteiger partial charge >= 0.3 is 6.09 Å². The normalized spacial score (nSPS) is 24.2. The summed E-state index contributed by atoms with van der Waals surface area (Å²) in [5, 5.41) is 5.97. The van der Waals surface area contributed by atoms with Gasteiger partial charge in [0.1, 0.15) is 36.7 Å². The molecule has 3 heterocycles. The van der Waals surface area contributed by atoms with Gasteiger partial charge in [-0.05, 0) is 60.7 Å². The van der Waals surface area contributed by atoms with E-state index in [0.29, 0.717) is 60.5 Å².